The van der Waals surface area contributed by atoms with Crippen LogP contribution >= 0.6 is 7.75 Å². The van der Waals surface area contributed by atoms with Gasteiger partial charge in [-0.15, -0.1) is 0 Å². The minimum absolute atomic E-state index is 0.0730. The number of benzene rings is 2. The molecule has 0 radical (unpaired) electrons. The molecule has 252 valence electrons. The summed E-state index contributed by atoms with van der Waals surface area (Å²) < 4.78 is 35.8. The second-order valence-electron chi connectivity index (χ2n) is 11.3. The van der Waals surface area contributed by atoms with Gasteiger partial charge < -0.3 is 18.5 Å². The van der Waals surface area contributed by atoms with E-state index in [-0.39, 0.29) is 23.8 Å². The molecule has 2 rings (SSSR count). The average molecular weight is 649 g/mol. The monoisotopic (exact) mass is 648 g/mol. The summed E-state index contributed by atoms with van der Waals surface area (Å²) in [5.74, 6) is -0.290. The molecule has 0 aliphatic carbocycles. The van der Waals surface area contributed by atoms with Crippen LogP contribution in [0, 0.1) is 10.1 Å². The van der Waals surface area contributed by atoms with Gasteiger partial charge in [-0.25, -0.2) is 4.57 Å². The van der Waals surface area contributed by atoms with E-state index in [0.717, 1.165) is 6.42 Å². The molecule has 0 spiro atoms. The van der Waals surface area contributed by atoms with Gasteiger partial charge in [0.15, 0.2) is 0 Å². The zero-order valence-corrected chi connectivity index (χ0v) is 28.1. The molecule has 0 aliphatic rings. The maximum atomic E-state index is 13.6. The molecule has 0 saturated carbocycles. The fourth-order valence-electron chi connectivity index (χ4n) is 4.71. The number of carbonyl (C=O) groups is 1. The Morgan fingerprint density at radius 3 is 1.76 bits per heavy atom. The zero-order valence-electron chi connectivity index (χ0n) is 27.2. The van der Waals surface area contributed by atoms with Crippen molar-refractivity contribution < 1.29 is 32.8 Å². The number of rotatable bonds is 27. The van der Waals surface area contributed by atoms with Crippen molar-refractivity contribution in [1.82, 2.24) is 5.09 Å². The lowest BCUT2D eigenvalue weighted by molar-refractivity contribution is -0.384. The highest BCUT2D eigenvalue weighted by Crippen LogP contribution is 2.45. The van der Waals surface area contributed by atoms with Gasteiger partial charge in [-0.05, 0) is 37.6 Å². The van der Waals surface area contributed by atoms with Gasteiger partial charge in [0.2, 0.25) is 0 Å². The Balaban J connectivity index is 1.58. The van der Waals surface area contributed by atoms with Crippen LogP contribution in [0.2, 0.25) is 0 Å². The highest BCUT2D eigenvalue weighted by molar-refractivity contribution is 7.52. The minimum atomic E-state index is -4.14. The first-order valence-corrected chi connectivity index (χ1v) is 18.2. The van der Waals surface area contributed by atoms with Crippen LogP contribution in [0.3, 0.4) is 0 Å². The van der Waals surface area contributed by atoms with Gasteiger partial charge in [-0.3, -0.25) is 14.9 Å². The maximum absolute atomic E-state index is 13.6. The molecule has 2 aromatic rings. The first kappa shape index (κ1) is 38.2. The van der Waals surface area contributed by atoms with Crippen molar-refractivity contribution in [2.24, 2.45) is 0 Å². The van der Waals surface area contributed by atoms with Crippen molar-refractivity contribution in [3.05, 3.63) is 64.7 Å². The zero-order chi connectivity index (χ0) is 32.6. The fraction of sp³-hybridized carbons (Fsp3) is 0.618. The van der Waals surface area contributed by atoms with E-state index in [1.54, 1.807) is 30.3 Å². The first-order valence-electron chi connectivity index (χ1n) is 16.6. The molecule has 0 heterocycles. The van der Waals surface area contributed by atoms with Crippen molar-refractivity contribution in [2.45, 2.75) is 116 Å². The standard InChI is InChI=1S/C34H53N2O8P/c1-3-4-5-6-7-8-9-10-11-12-13-14-15-19-27-41-28-20-29-42-34(37)30(2)35-45(40,43-32-21-17-16-18-22-32)44-33-25-23-31(24-26-33)36(38)39/h16-18,21-26,30H,3-15,19-20,27-29H2,1-2H3,(H,35,40). The van der Waals surface area contributed by atoms with Crippen molar-refractivity contribution >= 4 is 19.4 Å². The van der Waals surface area contributed by atoms with Crippen molar-refractivity contribution in [3.63, 3.8) is 0 Å². The van der Waals surface area contributed by atoms with E-state index in [9.17, 15) is 19.5 Å². The van der Waals surface area contributed by atoms with Gasteiger partial charge in [0.1, 0.15) is 17.5 Å². The maximum Gasteiger partial charge on any atom is 0.513 e. The molecule has 0 amide bonds. The van der Waals surface area contributed by atoms with E-state index in [4.69, 9.17) is 18.5 Å². The number of ether oxygens (including phenoxy) is 2. The number of nitrogens with zero attached hydrogens (tertiary/aromatic N) is 1. The molecule has 2 unspecified atom stereocenters. The Kier molecular flexibility index (Phi) is 19.9. The van der Waals surface area contributed by atoms with Gasteiger partial charge in [-0.1, -0.05) is 109 Å². The molecule has 11 heteroatoms. The number of hydrogen-bond acceptors (Lipinski definition) is 8. The normalized spacial score (nSPS) is 13.1. The van der Waals surface area contributed by atoms with E-state index in [0.29, 0.717) is 19.6 Å². The van der Waals surface area contributed by atoms with E-state index >= 15 is 0 Å². The number of para-hydroxylation sites is 1. The topological polar surface area (TPSA) is 126 Å². The molecule has 0 saturated heterocycles. The Bertz CT molecular complexity index is 1120. The molecular weight excluding hydrogens is 595 g/mol. The summed E-state index contributed by atoms with van der Waals surface area (Å²) in [6, 6.07) is 12.4. The van der Waals surface area contributed by atoms with Gasteiger partial charge in [0.25, 0.3) is 5.69 Å². The number of nitro groups is 1. The Labute approximate surface area is 269 Å². The van der Waals surface area contributed by atoms with Crippen LogP contribution in [0.5, 0.6) is 11.5 Å². The molecule has 45 heavy (non-hydrogen) atoms. The number of hydrogen-bond donors (Lipinski definition) is 1. The van der Waals surface area contributed by atoms with Gasteiger partial charge in [0, 0.05) is 31.8 Å². The van der Waals surface area contributed by atoms with Crippen LogP contribution in [0.4, 0.5) is 5.69 Å². The number of carbonyl (C=O) groups excluding carboxylic acids is 1. The van der Waals surface area contributed by atoms with E-state index in [1.165, 1.54) is 115 Å². The lowest BCUT2D eigenvalue weighted by atomic mass is 10.0. The molecule has 0 fully saturated rings. The predicted octanol–water partition coefficient (Wildman–Crippen LogP) is 9.57. The van der Waals surface area contributed by atoms with Crippen LogP contribution in [0.15, 0.2) is 54.6 Å². The largest absolute Gasteiger partial charge is 0.513 e. The Morgan fingerprint density at radius 2 is 1.22 bits per heavy atom. The number of non-ortho nitro benzene ring substituents is 1. The highest BCUT2D eigenvalue weighted by Gasteiger charge is 2.34. The van der Waals surface area contributed by atoms with Gasteiger partial charge >= 0.3 is 13.7 Å². The lowest BCUT2D eigenvalue weighted by Crippen LogP contribution is -2.36. The smallest absolute Gasteiger partial charge is 0.464 e. The molecular formula is C34H53N2O8P. The Hall–Kier alpha value is -2.94. The fourth-order valence-corrected chi connectivity index (χ4v) is 6.23. The average Bonchev–Trinajstić information content (AvgIpc) is 3.02. The SMILES string of the molecule is CCCCCCCCCCCCCCCCOCCCOC(=O)C(C)NP(=O)(Oc1ccccc1)Oc1ccc([N+](=O)[O-])cc1. The molecule has 0 aromatic heterocycles. The molecule has 2 aromatic carbocycles. The third-order valence-corrected chi connectivity index (χ3v) is 8.87. The van der Waals surface area contributed by atoms with Crippen molar-refractivity contribution in [2.75, 3.05) is 19.8 Å². The van der Waals surface area contributed by atoms with Gasteiger partial charge in [-0.2, -0.15) is 5.09 Å². The summed E-state index contributed by atoms with van der Waals surface area (Å²) in [4.78, 5) is 23.0. The number of esters is 1. The summed E-state index contributed by atoms with van der Waals surface area (Å²) in [5.41, 5.74) is -0.144. The second kappa shape index (κ2) is 23.4. The van der Waals surface area contributed by atoms with Crippen LogP contribution in [0.1, 0.15) is 110 Å². The molecule has 0 aliphatic heterocycles. The molecule has 1 N–H and O–H groups in total. The second-order valence-corrected chi connectivity index (χ2v) is 12.9. The van der Waals surface area contributed by atoms with Crippen LogP contribution in [0.25, 0.3) is 0 Å². The highest BCUT2D eigenvalue weighted by atomic mass is 31.2. The minimum Gasteiger partial charge on any atom is -0.464 e. The predicted molar refractivity (Wildman–Crippen MR) is 178 cm³/mol. The summed E-state index contributed by atoms with van der Waals surface area (Å²) in [7, 11) is -4.14. The molecule has 2 atom stereocenters. The summed E-state index contributed by atoms with van der Waals surface area (Å²) in [6.45, 7) is 5.11. The summed E-state index contributed by atoms with van der Waals surface area (Å²) in [6.07, 6.45) is 19.0. The Morgan fingerprint density at radius 1 is 0.733 bits per heavy atom. The number of unbranched alkanes of at least 4 members (excludes halogenated alkanes) is 13. The van der Waals surface area contributed by atoms with Crippen LogP contribution < -0.4 is 14.1 Å². The van der Waals surface area contributed by atoms with Crippen molar-refractivity contribution in [3.8, 4) is 11.5 Å². The van der Waals surface area contributed by atoms with Crippen molar-refractivity contribution in [1.29, 1.82) is 0 Å². The van der Waals surface area contributed by atoms with Gasteiger partial charge in [0.05, 0.1) is 11.5 Å². The summed E-state index contributed by atoms with van der Waals surface area (Å²) >= 11 is 0. The number of nitrogens with one attached hydrogen (secondary N) is 1. The first-order chi connectivity index (χ1) is 21.8. The van der Waals surface area contributed by atoms with E-state index in [1.807, 2.05) is 0 Å². The van der Waals surface area contributed by atoms with E-state index in [2.05, 4.69) is 12.0 Å². The molecule has 10 nitrogen and oxygen atoms in total. The third-order valence-electron chi connectivity index (χ3n) is 7.27. The summed E-state index contributed by atoms with van der Waals surface area (Å²) in [5, 5.41) is 13.6. The van der Waals surface area contributed by atoms with Crippen LogP contribution in [-0.2, 0) is 18.8 Å². The van der Waals surface area contributed by atoms with E-state index < -0.39 is 24.7 Å². The third kappa shape index (κ3) is 18.0. The number of nitro benzene ring substituents is 1. The lowest BCUT2D eigenvalue weighted by Gasteiger charge is -2.23. The quantitative estimate of drug-likeness (QED) is 0.0331. The molecule has 0 bridgehead atoms. The van der Waals surface area contributed by atoms with Crippen LogP contribution in [-0.4, -0.2) is 36.8 Å².